The number of fused-ring (bicyclic) bond motifs is 1. The van der Waals surface area contributed by atoms with Crippen molar-refractivity contribution in [3.63, 3.8) is 0 Å². The average molecular weight is 345 g/mol. The van der Waals surface area contributed by atoms with E-state index in [9.17, 15) is 10.1 Å². The SMILES string of the molecule is CC(C)(C)[C@@H]1CCc2c(sc(NC(=O)C(Cl)Cl)c2C#N)C1. The van der Waals surface area contributed by atoms with Gasteiger partial charge in [-0.05, 0) is 36.2 Å². The van der Waals surface area contributed by atoms with E-state index in [0.29, 0.717) is 16.5 Å². The van der Waals surface area contributed by atoms with Gasteiger partial charge in [-0.15, -0.1) is 11.3 Å². The van der Waals surface area contributed by atoms with Gasteiger partial charge in [0.1, 0.15) is 11.1 Å². The smallest absolute Gasteiger partial charge is 0.258 e. The van der Waals surface area contributed by atoms with Gasteiger partial charge in [0.25, 0.3) is 5.91 Å². The van der Waals surface area contributed by atoms with Gasteiger partial charge in [-0.2, -0.15) is 5.26 Å². The van der Waals surface area contributed by atoms with Crippen LogP contribution < -0.4 is 5.32 Å². The second-order valence-corrected chi connectivity index (χ2v) is 8.62. The molecule has 0 bridgehead atoms. The highest BCUT2D eigenvalue weighted by Crippen LogP contribution is 2.44. The van der Waals surface area contributed by atoms with E-state index in [-0.39, 0.29) is 5.41 Å². The first-order valence-corrected chi connectivity index (χ1v) is 8.56. The van der Waals surface area contributed by atoms with Gasteiger partial charge in [-0.1, -0.05) is 44.0 Å². The Morgan fingerprint density at radius 3 is 2.67 bits per heavy atom. The molecule has 114 valence electrons. The van der Waals surface area contributed by atoms with Gasteiger partial charge in [-0.3, -0.25) is 4.79 Å². The van der Waals surface area contributed by atoms with E-state index in [1.807, 2.05) is 0 Å². The van der Waals surface area contributed by atoms with E-state index >= 15 is 0 Å². The van der Waals surface area contributed by atoms with E-state index < -0.39 is 10.7 Å². The predicted molar refractivity (Wildman–Crippen MR) is 88.1 cm³/mol. The number of carbonyl (C=O) groups excluding carboxylic acids is 1. The molecule has 6 heteroatoms. The molecule has 0 spiro atoms. The number of hydrogen-bond donors (Lipinski definition) is 1. The standard InChI is InChI=1S/C15H18Cl2N2OS/c1-15(2,3)8-4-5-9-10(7-18)14(21-11(9)6-8)19-13(20)12(16)17/h8,12H,4-6H2,1-3H3,(H,19,20)/t8-/m1/s1. The van der Waals surface area contributed by atoms with Crippen molar-refractivity contribution in [2.24, 2.45) is 11.3 Å². The number of amides is 1. The monoisotopic (exact) mass is 344 g/mol. The Balaban J connectivity index is 2.30. The van der Waals surface area contributed by atoms with Gasteiger partial charge >= 0.3 is 0 Å². The summed E-state index contributed by atoms with van der Waals surface area (Å²) < 4.78 is 0. The summed E-state index contributed by atoms with van der Waals surface area (Å²) in [6.45, 7) is 6.74. The molecule has 1 aromatic heterocycles. The normalized spacial score (nSPS) is 18.2. The molecule has 3 nitrogen and oxygen atoms in total. The van der Waals surface area contributed by atoms with E-state index in [2.05, 4.69) is 32.2 Å². The zero-order valence-corrected chi connectivity index (χ0v) is 14.6. The van der Waals surface area contributed by atoms with Crippen molar-refractivity contribution < 1.29 is 4.79 Å². The molecule has 1 N–H and O–H groups in total. The second-order valence-electron chi connectivity index (χ2n) is 6.42. The van der Waals surface area contributed by atoms with Crippen molar-refractivity contribution in [1.29, 1.82) is 5.26 Å². The minimum absolute atomic E-state index is 0.245. The minimum Gasteiger partial charge on any atom is -0.314 e. The van der Waals surface area contributed by atoms with Gasteiger partial charge in [0.2, 0.25) is 0 Å². The topological polar surface area (TPSA) is 52.9 Å². The van der Waals surface area contributed by atoms with E-state index in [1.165, 1.54) is 16.2 Å². The fraction of sp³-hybridized carbons (Fsp3) is 0.600. The van der Waals surface area contributed by atoms with Crippen molar-refractivity contribution in [2.75, 3.05) is 5.32 Å². The molecule has 0 fully saturated rings. The molecule has 1 aromatic rings. The van der Waals surface area contributed by atoms with Crippen LogP contribution in [0.5, 0.6) is 0 Å². The highest BCUT2D eigenvalue weighted by molar-refractivity contribution is 7.16. The summed E-state index contributed by atoms with van der Waals surface area (Å²) in [6, 6.07) is 2.21. The van der Waals surface area contributed by atoms with Crippen LogP contribution >= 0.6 is 34.5 Å². The maximum Gasteiger partial charge on any atom is 0.258 e. The third-order valence-corrected chi connectivity index (χ3v) is 5.60. The fourth-order valence-corrected chi connectivity index (χ4v) is 4.09. The van der Waals surface area contributed by atoms with Crippen LogP contribution in [0.2, 0.25) is 0 Å². The number of thiophene rings is 1. The largest absolute Gasteiger partial charge is 0.314 e. The molecule has 1 heterocycles. The molecule has 2 rings (SSSR count). The number of hydrogen-bond acceptors (Lipinski definition) is 3. The molecule has 0 saturated carbocycles. The maximum absolute atomic E-state index is 11.6. The lowest BCUT2D eigenvalue weighted by molar-refractivity contribution is -0.114. The second kappa shape index (κ2) is 6.16. The van der Waals surface area contributed by atoms with Crippen LogP contribution in [0.4, 0.5) is 5.00 Å². The number of anilines is 1. The Morgan fingerprint density at radius 1 is 1.48 bits per heavy atom. The molecule has 0 aliphatic heterocycles. The number of nitrogens with zero attached hydrogens (tertiary/aromatic N) is 1. The van der Waals surface area contributed by atoms with Crippen molar-refractivity contribution in [2.45, 2.75) is 44.9 Å². The number of carbonyl (C=O) groups is 1. The summed E-state index contributed by atoms with van der Waals surface area (Å²) in [5, 5.41) is 12.6. The molecule has 1 aliphatic rings. The quantitative estimate of drug-likeness (QED) is 0.802. The van der Waals surface area contributed by atoms with Crippen LogP contribution in [0.25, 0.3) is 0 Å². The first-order chi connectivity index (χ1) is 9.74. The van der Waals surface area contributed by atoms with Crippen LogP contribution in [-0.4, -0.2) is 10.7 Å². The Morgan fingerprint density at radius 2 is 2.14 bits per heavy atom. The van der Waals surface area contributed by atoms with Crippen LogP contribution in [0.1, 0.15) is 43.2 Å². The van der Waals surface area contributed by atoms with Gasteiger partial charge < -0.3 is 5.32 Å². The lowest BCUT2D eigenvalue weighted by Crippen LogP contribution is -2.26. The first kappa shape index (κ1) is 16.6. The summed E-state index contributed by atoms with van der Waals surface area (Å²) in [7, 11) is 0. The average Bonchev–Trinajstić information content (AvgIpc) is 2.73. The summed E-state index contributed by atoms with van der Waals surface area (Å²) in [5.41, 5.74) is 1.90. The molecule has 1 aliphatic carbocycles. The van der Waals surface area contributed by atoms with E-state index in [4.69, 9.17) is 23.2 Å². The lowest BCUT2D eigenvalue weighted by Gasteiger charge is -2.33. The summed E-state index contributed by atoms with van der Waals surface area (Å²) in [6.07, 6.45) is 2.92. The number of nitrogens with one attached hydrogen (secondary N) is 1. The first-order valence-electron chi connectivity index (χ1n) is 6.87. The Labute approximate surface area is 139 Å². The molecule has 0 aromatic carbocycles. The highest BCUT2D eigenvalue weighted by atomic mass is 35.5. The van der Waals surface area contributed by atoms with Crippen LogP contribution in [0.3, 0.4) is 0 Å². The highest BCUT2D eigenvalue weighted by Gasteiger charge is 2.32. The third-order valence-electron chi connectivity index (χ3n) is 4.04. The molecule has 0 unspecified atom stereocenters. The van der Waals surface area contributed by atoms with E-state index in [1.54, 1.807) is 0 Å². The molecule has 1 amide bonds. The Bertz CT molecular complexity index is 596. The number of rotatable bonds is 2. The Hall–Kier alpha value is -0.760. The fourth-order valence-electron chi connectivity index (χ4n) is 2.70. The van der Waals surface area contributed by atoms with Crippen molar-refractivity contribution in [3.05, 3.63) is 16.0 Å². The molecular weight excluding hydrogens is 327 g/mol. The van der Waals surface area contributed by atoms with Crippen molar-refractivity contribution in [1.82, 2.24) is 0 Å². The summed E-state index contributed by atoms with van der Waals surface area (Å²) in [4.78, 5) is 11.7. The molecule has 0 saturated heterocycles. The number of nitriles is 1. The molecule has 0 radical (unpaired) electrons. The molecule has 21 heavy (non-hydrogen) atoms. The van der Waals surface area contributed by atoms with Crippen LogP contribution in [-0.2, 0) is 17.6 Å². The Kier molecular flexibility index (Phi) is 4.87. The van der Waals surface area contributed by atoms with Crippen LogP contribution in [0.15, 0.2) is 0 Å². The predicted octanol–water partition coefficient (Wildman–Crippen LogP) is 4.51. The van der Waals surface area contributed by atoms with Crippen molar-refractivity contribution >= 4 is 45.4 Å². The lowest BCUT2D eigenvalue weighted by atomic mass is 9.72. The third kappa shape index (κ3) is 3.53. The summed E-state index contributed by atoms with van der Waals surface area (Å²) >= 11 is 12.6. The molecular formula is C15H18Cl2N2OS. The zero-order chi connectivity index (χ0) is 15.8. The van der Waals surface area contributed by atoms with E-state index in [0.717, 1.165) is 24.8 Å². The molecule has 1 atom stereocenters. The number of alkyl halides is 2. The zero-order valence-electron chi connectivity index (χ0n) is 12.3. The summed E-state index contributed by atoms with van der Waals surface area (Å²) in [5.74, 6) is 0.105. The van der Waals surface area contributed by atoms with Crippen LogP contribution in [0, 0.1) is 22.7 Å². The maximum atomic E-state index is 11.6. The van der Waals surface area contributed by atoms with Gasteiger partial charge in [-0.25, -0.2) is 0 Å². The van der Waals surface area contributed by atoms with Gasteiger partial charge in [0, 0.05) is 4.88 Å². The number of halogens is 2. The van der Waals surface area contributed by atoms with Gasteiger partial charge in [0.05, 0.1) is 5.56 Å². The van der Waals surface area contributed by atoms with Crippen molar-refractivity contribution in [3.8, 4) is 6.07 Å². The minimum atomic E-state index is -1.13. The van der Waals surface area contributed by atoms with Gasteiger partial charge in [0.15, 0.2) is 4.84 Å².